The lowest BCUT2D eigenvalue weighted by Crippen LogP contribution is -2.37. The molecule has 0 N–H and O–H groups in total. The molecule has 0 unspecified atom stereocenters. The SMILES string of the molecule is C/C=C/CCC1CCC(CCCCC2OCC(C3CCC(CC=C(F)F)CC3)CO2)CC1. The highest BCUT2D eigenvalue weighted by atomic mass is 19.3. The quantitative estimate of drug-likeness (QED) is 0.231. The van der Waals surface area contributed by atoms with Crippen LogP contribution in [-0.2, 0) is 9.47 Å². The lowest BCUT2D eigenvalue weighted by atomic mass is 9.75. The van der Waals surface area contributed by atoms with E-state index in [0.29, 0.717) is 24.2 Å². The second-order valence-corrected chi connectivity index (χ2v) is 10.7. The maximum atomic E-state index is 12.3. The first-order valence-electron chi connectivity index (χ1n) is 13.5. The molecule has 3 aliphatic rings. The predicted molar refractivity (Wildman–Crippen MR) is 128 cm³/mol. The van der Waals surface area contributed by atoms with E-state index < -0.39 is 6.08 Å². The smallest absolute Gasteiger partial charge is 0.266 e. The Labute approximate surface area is 195 Å². The van der Waals surface area contributed by atoms with Crippen LogP contribution in [0.1, 0.15) is 103 Å². The van der Waals surface area contributed by atoms with Crippen molar-refractivity contribution >= 4 is 0 Å². The zero-order chi connectivity index (χ0) is 22.6. The van der Waals surface area contributed by atoms with Gasteiger partial charge in [-0.1, -0.05) is 50.7 Å². The van der Waals surface area contributed by atoms with Gasteiger partial charge in [0, 0.05) is 5.92 Å². The van der Waals surface area contributed by atoms with Gasteiger partial charge in [-0.2, -0.15) is 8.78 Å². The molecule has 3 rings (SSSR count). The van der Waals surface area contributed by atoms with Crippen LogP contribution in [0.4, 0.5) is 8.78 Å². The average molecular weight is 453 g/mol. The van der Waals surface area contributed by atoms with Crippen LogP contribution in [-0.4, -0.2) is 19.5 Å². The molecule has 2 aliphatic carbocycles. The van der Waals surface area contributed by atoms with Crippen molar-refractivity contribution in [3.8, 4) is 0 Å². The third kappa shape index (κ3) is 9.25. The molecule has 1 aliphatic heterocycles. The number of unbranched alkanes of at least 4 members (excludes halogenated alkanes) is 1. The number of hydrogen-bond acceptors (Lipinski definition) is 2. The van der Waals surface area contributed by atoms with Gasteiger partial charge in [-0.25, -0.2) is 0 Å². The lowest BCUT2D eigenvalue weighted by Gasteiger charge is -2.37. The molecule has 0 bridgehead atoms. The topological polar surface area (TPSA) is 18.5 Å². The highest BCUT2D eigenvalue weighted by Gasteiger charge is 2.31. The molecule has 0 aromatic carbocycles. The highest BCUT2D eigenvalue weighted by molar-refractivity contribution is 4.87. The highest BCUT2D eigenvalue weighted by Crippen LogP contribution is 2.38. The molecule has 4 heteroatoms. The van der Waals surface area contributed by atoms with E-state index >= 15 is 0 Å². The molecule has 0 spiro atoms. The van der Waals surface area contributed by atoms with E-state index in [-0.39, 0.29) is 6.29 Å². The Balaban J connectivity index is 1.20. The summed E-state index contributed by atoms with van der Waals surface area (Å²) in [6, 6.07) is 0. The number of ether oxygens (including phenoxy) is 2. The van der Waals surface area contributed by atoms with Crippen LogP contribution < -0.4 is 0 Å². The lowest BCUT2D eigenvalue weighted by molar-refractivity contribution is -0.212. The summed E-state index contributed by atoms with van der Waals surface area (Å²) in [6.07, 6.45) is 22.2. The molecule has 0 aromatic heterocycles. The van der Waals surface area contributed by atoms with Gasteiger partial charge in [0.25, 0.3) is 6.08 Å². The van der Waals surface area contributed by atoms with E-state index in [9.17, 15) is 8.78 Å². The third-order valence-electron chi connectivity index (χ3n) is 8.40. The molecule has 2 saturated carbocycles. The number of halogens is 2. The van der Waals surface area contributed by atoms with E-state index in [0.717, 1.165) is 63.2 Å². The minimum atomic E-state index is -1.53. The van der Waals surface area contributed by atoms with Gasteiger partial charge >= 0.3 is 0 Å². The summed E-state index contributed by atoms with van der Waals surface area (Å²) in [4.78, 5) is 0. The zero-order valence-electron chi connectivity index (χ0n) is 20.3. The fourth-order valence-electron chi connectivity index (χ4n) is 6.20. The van der Waals surface area contributed by atoms with Crippen LogP contribution in [0.15, 0.2) is 24.3 Å². The number of allylic oxidation sites excluding steroid dienone is 3. The largest absolute Gasteiger partial charge is 0.352 e. The molecule has 2 nitrogen and oxygen atoms in total. The van der Waals surface area contributed by atoms with Gasteiger partial charge in [0.05, 0.1) is 13.2 Å². The van der Waals surface area contributed by atoms with Crippen molar-refractivity contribution in [1.29, 1.82) is 0 Å². The van der Waals surface area contributed by atoms with E-state index in [1.165, 1.54) is 57.8 Å². The van der Waals surface area contributed by atoms with Crippen molar-refractivity contribution in [3.05, 3.63) is 24.3 Å². The first kappa shape index (κ1) is 25.9. The zero-order valence-corrected chi connectivity index (χ0v) is 20.3. The Morgan fingerprint density at radius 1 is 0.750 bits per heavy atom. The Morgan fingerprint density at radius 3 is 1.97 bits per heavy atom. The number of rotatable bonds is 11. The summed E-state index contributed by atoms with van der Waals surface area (Å²) in [5.41, 5.74) is 0. The van der Waals surface area contributed by atoms with Crippen LogP contribution in [0.25, 0.3) is 0 Å². The Bertz CT molecular complexity index is 548. The fraction of sp³-hybridized carbons (Fsp3) is 0.857. The maximum absolute atomic E-state index is 12.3. The van der Waals surface area contributed by atoms with Gasteiger partial charge in [0.15, 0.2) is 6.29 Å². The van der Waals surface area contributed by atoms with Crippen LogP contribution in [0.5, 0.6) is 0 Å². The Kier molecular flexibility index (Phi) is 11.7. The summed E-state index contributed by atoms with van der Waals surface area (Å²) in [5, 5.41) is 0. The Hall–Kier alpha value is -0.740. The van der Waals surface area contributed by atoms with Crippen molar-refractivity contribution in [3.63, 3.8) is 0 Å². The van der Waals surface area contributed by atoms with Crippen molar-refractivity contribution in [2.45, 2.75) is 110 Å². The second-order valence-electron chi connectivity index (χ2n) is 10.7. The van der Waals surface area contributed by atoms with Crippen molar-refractivity contribution in [1.82, 2.24) is 0 Å². The van der Waals surface area contributed by atoms with E-state index in [2.05, 4.69) is 19.1 Å². The summed E-state index contributed by atoms with van der Waals surface area (Å²) >= 11 is 0. The molecule has 0 atom stereocenters. The molecular weight excluding hydrogens is 406 g/mol. The molecule has 1 saturated heterocycles. The fourth-order valence-corrected chi connectivity index (χ4v) is 6.20. The van der Waals surface area contributed by atoms with Crippen molar-refractivity contribution in [2.24, 2.45) is 29.6 Å². The third-order valence-corrected chi connectivity index (χ3v) is 8.40. The van der Waals surface area contributed by atoms with E-state index in [4.69, 9.17) is 9.47 Å². The molecule has 184 valence electrons. The summed E-state index contributed by atoms with van der Waals surface area (Å²) in [5.74, 6) is 3.46. The predicted octanol–water partition coefficient (Wildman–Crippen LogP) is 8.68. The molecule has 3 fully saturated rings. The van der Waals surface area contributed by atoms with Gasteiger partial charge in [0.1, 0.15) is 0 Å². The maximum Gasteiger partial charge on any atom is 0.266 e. The molecular formula is C28H46F2O2. The van der Waals surface area contributed by atoms with Crippen LogP contribution >= 0.6 is 0 Å². The van der Waals surface area contributed by atoms with Crippen LogP contribution in [0, 0.1) is 29.6 Å². The van der Waals surface area contributed by atoms with Gasteiger partial charge in [0.2, 0.25) is 0 Å². The van der Waals surface area contributed by atoms with Crippen molar-refractivity contribution < 1.29 is 18.3 Å². The monoisotopic (exact) mass is 452 g/mol. The summed E-state index contributed by atoms with van der Waals surface area (Å²) in [6.45, 7) is 3.75. The van der Waals surface area contributed by atoms with Gasteiger partial charge in [-0.3, -0.25) is 0 Å². The Morgan fingerprint density at radius 2 is 1.34 bits per heavy atom. The molecule has 0 radical (unpaired) electrons. The molecule has 1 heterocycles. The van der Waals surface area contributed by atoms with Crippen molar-refractivity contribution in [2.75, 3.05) is 13.2 Å². The van der Waals surface area contributed by atoms with Crippen LogP contribution in [0.3, 0.4) is 0 Å². The first-order valence-corrected chi connectivity index (χ1v) is 13.5. The molecule has 0 amide bonds. The standard InChI is InChI=1S/C28H46F2O2/c1-2-3-4-7-22-10-12-23(13-11-22)8-5-6-9-28-31-20-26(21-32-28)25-17-14-24(15-18-25)16-19-27(29)30/h2-3,19,22-26,28H,4-18,20-21H2,1H3/b3-2+. The summed E-state index contributed by atoms with van der Waals surface area (Å²) in [7, 11) is 0. The van der Waals surface area contributed by atoms with Gasteiger partial charge < -0.3 is 9.47 Å². The van der Waals surface area contributed by atoms with Crippen LogP contribution in [0.2, 0.25) is 0 Å². The van der Waals surface area contributed by atoms with E-state index in [1.54, 1.807) is 0 Å². The van der Waals surface area contributed by atoms with E-state index in [1.807, 2.05) is 0 Å². The molecule has 32 heavy (non-hydrogen) atoms. The summed E-state index contributed by atoms with van der Waals surface area (Å²) < 4.78 is 36.7. The average Bonchev–Trinajstić information content (AvgIpc) is 2.82. The second kappa shape index (κ2) is 14.5. The minimum Gasteiger partial charge on any atom is -0.352 e. The minimum absolute atomic E-state index is 0.0115. The molecule has 0 aromatic rings. The first-order chi connectivity index (χ1) is 15.6. The normalized spacial score (nSPS) is 34.0. The number of hydrogen-bond donors (Lipinski definition) is 0. The van der Waals surface area contributed by atoms with Gasteiger partial charge in [-0.05, 0) is 94.5 Å². The van der Waals surface area contributed by atoms with Gasteiger partial charge in [-0.15, -0.1) is 0 Å².